The maximum absolute atomic E-state index is 10.2. The maximum Gasteiger partial charge on any atom is 0.194 e. The minimum Gasteiger partial charge on any atom is -0.497 e. The molecule has 3 aliphatic rings. The van der Waals surface area contributed by atoms with Crippen molar-refractivity contribution < 1.29 is 14.2 Å². The highest BCUT2D eigenvalue weighted by Crippen LogP contribution is 2.59. The van der Waals surface area contributed by atoms with Crippen LogP contribution in [0.15, 0.2) is 47.8 Å². The molecule has 2 aliphatic heterocycles. The fraction of sp³-hybridized carbons (Fsp3) is 0.550. The summed E-state index contributed by atoms with van der Waals surface area (Å²) in [4.78, 5) is 0. The average Bonchev–Trinajstić information content (AvgIpc) is 3.19. The van der Waals surface area contributed by atoms with Gasteiger partial charge in [0.05, 0.1) is 31.0 Å². The SMILES string of the molecule is C=C(C)C(=C/C=C\C)C1(C#N)CCC2(OCCO2)C2=COC(C)C21. The number of hydrogen-bond acceptors (Lipinski definition) is 4. The highest BCUT2D eigenvalue weighted by molar-refractivity contribution is 5.47. The molecule has 0 amide bonds. The van der Waals surface area contributed by atoms with Gasteiger partial charge in [0, 0.05) is 17.9 Å². The van der Waals surface area contributed by atoms with Crippen molar-refractivity contribution in [1.82, 2.24) is 0 Å². The Labute approximate surface area is 144 Å². The van der Waals surface area contributed by atoms with Crippen LogP contribution in [-0.2, 0) is 14.2 Å². The number of ether oxygens (including phenoxy) is 3. The quantitative estimate of drug-likeness (QED) is 0.734. The van der Waals surface area contributed by atoms with E-state index >= 15 is 0 Å². The Morgan fingerprint density at radius 3 is 2.67 bits per heavy atom. The maximum atomic E-state index is 10.2. The molecule has 0 bridgehead atoms. The van der Waals surface area contributed by atoms with Crippen LogP contribution in [0.5, 0.6) is 0 Å². The normalized spacial score (nSPS) is 34.8. The highest BCUT2D eigenvalue weighted by Gasteiger charge is 2.61. The minimum atomic E-state index is -0.712. The lowest BCUT2D eigenvalue weighted by Gasteiger charge is -2.47. The highest BCUT2D eigenvalue weighted by atomic mass is 16.7. The number of hydrogen-bond donors (Lipinski definition) is 0. The van der Waals surface area contributed by atoms with Crippen LogP contribution in [0.3, 0.4) is 0 Å². The van der Waals surface area contributed by atoms with Crippen molar-refractivity contribution in [3.05, 3.63) is 47.8 Å². The lowest BCUT2D eigenvalue weighted by atomic mass is 9.57. The first-order valence-electron chi connectivity index (χ1n) is 8.55. The zero-order valence-electron chi connectivity index (χ0n) is 14.7. The molecule has 2 heterocycles. The molecular weight excluding hydrogens is 302 g/mol. The van der Waals surface area contributed by atoms with Gasteiger partial charge in [-0.2, -0.15) is 5.26 Å². The van der Waals surface area contributed by atoms with Crippen molar-refractivity contribution in [3.8, 4) is 6.07 Å². The fourth-order valence-electron chi connectivity index (χ4n) is 4.36. The number of nitriles is 1. The summed E-state index contributed by atoms with van der Waals surface area (Å²) in [6.45, 7) is 11.2. The second-order valence-corrected chi connectivity index (χ2v) is 6.81. The van der Waals surface area contributed by atoms with Gasteiger partial charge >= 0.3 is 0 Å². The van der Waals surface area contributed by atoms with E-state index in [2.05, 4.69) is 12.6 Å². The molecule has 1 spiro atoms. The summed E-state index contributed by atoms with van der Waals surface area (Å²) in [5.74, 6) is -0.807. The third-order valence-corrected chi connectivity index (χ3v) is 5.38. The van der Waals surface area contributed by atoms with Gasteiger partial charge < -0.3 is 14.2 Å². The molecule has 1 saturated carbocycles. The third kappa shape index (κ3) is 2.35. The summed E-state index contributed by atoms with van der Waals surface area (Å²) in [5.41, 5.74) is 2.18. The van der Waals surface area contributed by atoms with E-state index in [4.69, 9.17) is 14.2 Å². The van der Waals surface area contributed by atoms with Crippen molar-refractivity contribution in [2.24, 2.45) is 11.3 Å². The molecular formula is C20H25NO3. The van der Waals surface area contributed by atoms with Crippen LogP contribution in [0.1, 0.15) is 33.6 Å². The number of rotatable bonds is 3. The number of nitrogens with zero attached hydrogens (tertiary/aromatic N) is 1. The van der Waals surface area contributed by atoms with Crippen molar-refractivity contribution in [2.45, 2.75) is 45.5 Å². The summed E-state index contributed by atoms with van der Waals surface area (Å²) in [7, 11) is 0. The van der Waals surface area contributed by atoms with E-state index in [9.17, 15) is 5.26 Å². The summed E-state index contributed by atoms with van der Waals surface area (Å²) >= 11 is 0. The molecule has 3 rings (SSSR count). The van der Waals surface area contributed by atoms with E-state index in [1.165, 1.54) is 0 Å². The zero-order chi connectivity index (χ0) is 17.4. The molecule has 1 saturated heterocycles. The molecule has 24 heavy (non-hydrogen) atoms. The largest absolute Gasteiger partial charge is 0.497 e. The van der Waals surface area contributed by atoms with Crippen LogP contribution < -0.4 is 0 Å². The first-order chi connectivity index (χ1) is 11.5. The van der Waals surface area contributed by atoms with E-state index in [1.54, 1.807) is 6.26 Å². The smallest absolute Gasteiger partial charge is 0.194 e. The molecule has 3 atom stereocenters. The summed E-state index contributed by atoms with van der Waals surface area (Å²) in [5, 5.41) is 10.2. The van der Waals surface area contributed by atoms with Crippen molar-refractivity contribution in [1.29, 1.82) is 5.26 Å². The second-order valence-electron chi connectivity index (χ2n) is 6.81. The van der Waals surface area contributed by atoms with Crippen LogP contribution in [0.4, 0.5) is 0 Å². The van der Waals surface area contributed by atoms with Gasteiger partial charge in [0.25, 0.3) is 0 Å². The summed E-state index contributed by atoms with van der Waals surface area (Å²) < 4.78 is 17.8. The molecule has 4 heteroatoms. The minimum absolute atomic E-state index is 0.0949. The van der Waals surface area contributed by atoms with Crippen LogP contribution in [0, 0.1) is 22.7 Å². The molecule has 0 aromatic rings. The predicted molar refractivity (Wildman–Crippen MR) is 91.7 cm³/mol. The van der Waals surface area contributed by atoms with Gasteiger partial charge in [-0.05, 0) is 32.8 Å². The van der Waals surface area contributed by atoms with E-state index in [1.807, 2.05) is 39.0 Å². The lowest BCUT2D eigenvalue weighted by molar-refractivity contribution is -0.156. The standard InChI is InChI=1S/C20H25NO3/c1-5-6-7-16(14(2)3)19(13-21)8-9-20(23-10-11-24-20)17-12-22-15(4)18(17)19/h5-7,12,15,18H,2,8-11H2,1,3-4H3/b6-5-,16-7?. The van der Waals surface area contributed by atoms with Gasteiger partial charge in [0.2, 0.25) is 0 Å². The zero-order valence-corrected chi connectivity index (χ0v) is 14.7. The van der Waals surface area contributed by atoms with Crippen molar-refractivity contribution in [2.75, 3.05) is 13.2 Å². The fourth-order valence-corrected chi connectivity index (χ4v) is 4.36. The van der Waals surface area contributed by atoms with Gasteiger partial charge in [-0.1, -0.05) is 30.4 Å². The number of allylic oxidation sites excluding steroid dienone is 5. The van der Waals surface area contributed by atoms with Crippen LogP contribution in [0.25, 0.3) is 0 Å². The molecule has 0 radical (unpaired) electrons. The molecule has 128 valence electrons. The molecule has 3 unspecified atom stereocenters. The Hall–Kier alpha value is -1.83. The number of fused-ring (bicyclic) bond motifs is 2. The van der Waals surface area contributed by atoms with Crippen molar-refractivity contribution in [3.63, 3.8) is 0 Å². The van der Waals surface area contributed by atoms with E-state index in [0.29, 0.717) is 26.1 Å². The van der Waals surface area contributed by atoms with Gasteiger partial charge in [-0.15, -0.1) is 0 Å². The predicted octanol–water partition coefficient (Wildman–Crippen LogP) is 4.03. The monoisotopic (exact) mass is 327 g/mol. The Morgan fingerprint density at radius 1 is 1.38 bits per heavy atom. The molecule has 0 N–H and O–H groups in total. The van der Waals surface area contributed by atoms with Crippen LogP contribution in [-0.4, -0.2) is 25.1 Å². The molecule has 2 fully saturated rings. The first-order valence-corrected chi connectivity index (χ1v) is 8.55. The van der Waals surface area contributed by atoms with E-state index in [0.717, 1.165) is 16.7 Å². The molecule has 0 aromatic heterocycles. The van der Waals surface area contributed by atoms with E-state index in [-0.39, 0.29) is 12.0 Å². The Kier molecular flexibility index (Phi) is 4.42. The third-order valence-electron chi connectivity index (χ3n) is 5.38. The Morgan fingerprint density at radius 2 is 2.08 bits per heavy atom. The Bertz CT molecular complexity index is 661. The van der Waals surface area contributed by atoms with Gasteiger partial charge in [-0.3, -0.25) is 0 Å². The van der Waals surface area contributed by atoms with Crippen LogP contribution >= 0.6 is 0 Å². The summed E-state index contributed by atoms with van der Waals surface area (Å²) in [6, 6.07) is 2.62. The van der Waals surface area contributed by atoms with Gasteiger partial charge in [0.1, 0.15) is 6.10 Å². The second kappa shape index (κ2) is 6.23. The average molecular weight is 327 g/mol. The molecule has 0 aromatic carbocycles. The summed E-state index contributed by atoms with van der Waals surface area (Å²) in [6.07, 6.45) is 8.93. The Balaban J connectivity index is 2.11. The first kappa shape index (κ1) is 17.0. The molecule has 1 aliphatic carbocycles. The van der Waals surface area contributed by atoms with Crippen molar-refractivity contribution >= 4 is 0 Å². The van der Waals surface area contributed by atoms with Crippen LogP contribution in [0.2, 0.25) is 0 Å². The van der Waals surface area contributed by atoms with Gasteiger partial charge in [-0.25, -0.2) is 0 Å². The van der Waals surface area contributed by atoms with Gasteiger partial charge in [0.15, 0.2) is 5.79 Å². The van der Waals surface area contributed by atoms with E-state index < -0.39 is 11.2 Å². The molecule has 4 nitrogen and oxygen atoms in total. The lowest BCUT2D eigenvalue weighted by Crippen LogP contribution is -2.50. The topological polar surface area (TPSA) is 51.5 Å².